The van der Waals surface area contributed by atoms with Crippen molar-refractivity contribution in [2.24, 2.45) is 16.7 Å². The van der Waals surface area contributed by atoms with E-state index in [9.17, 15) is 26.7 Å². The summed E-state index contributed by atoms with van der Waals surface area (Å²) in [7, 11) is 0. The molecule has 38 heavy (non-hydrogen) atoms. The van der Waals surface area contributed by atoms with Crippen LogP contribution in [0.25, 0.3) is 0 Å². The van der Waals surface area contributed by atoms with Crippen molar-refractivity contribution in [3.05, 3.63) is 35.2 Å². The number of hydrogen-bond donors (Lipinski definition) is 1. The zero-order valence-corrected chi connectivity index (χ0v) is 20.6. The number of likely N-dealkylation sites (tertiary alicyclic amines) is 2. The fourth-order valence-electron chi connectivity index (χ4n) is 7.41. The molecule has 4 heterocycles. The van der Waals surface area contributed by atoms with Gasteiger partial charge in [-0.2, -0.15) is 23.4 Å². The lowest BCUT2D eigenvalue weighted by Crippen LogP contribution is -2.71. The predicted octanol–water partition coefficient (Wildman–Crippen LogP) is 4.38. The fourth-order valence-corrected chi connectivity index (χ4v) is 7.41. The van der Waals surface area contributed by atoms with Crippen LogP contribution in [-0.4, -0.2) is 73.3 Å². The number of carbonyl (C=O) groups excluding carboxylic acids is 1. The van der Waals surface area contributed by atoms with E-state index in [1.807, 2.05) is 9.80 Å². The summed E-state index contributed by atoms with van der Waals surface area (Å²) in [5, 5.41) is 14.1. The molecule has 2 aromatic rings. The van der Waals surface area contributed by atoms with Crippen LogP contribution in [0.5, 0.6) is 0 Å². The van der Waals surface area contributed by atoms with Crippen molar-refractivity contribution in [2.45, 2.75) is 68.9 Å². The van der Waals surface area contributed by atoms with Crippen LogP contribution in [0.2, 0.25) is 0 Å². The highest BCUT2D eigenvalue weighted by atomic mass is 19.4. The maximum absolute atomic E-state index is 13.1. The summed E-state index contributed by atoms with van der Waals surface area (Å²) in [5.74, 6) is -0.983. The Morgan fingerprint density at radius 2 is 1.55 bits per heavy atom. The Balaban J connectivity index is 0.828. The van der Waals surface area contributed by atoms with E-state index in [2.05, 4.69) is 25.4 Å². The number of halogens is 5. The molecule has 3 saturated carbocycles. The second-order valence-electron chi connectivity index (χ2n) is 12.5. The quantitative estimate of drug-likeness (QED) is 0.585. The van der Waals surface area contributed by atoms with Gasteiger partial charge in [0, 0.05) is 61.7 Å². The number of aromatic nitrogens is 5. The molecule has 2 aliphatic heterocycles. The van der Waals surface area contributed by atoms with E-state index < -0.39 is 17.8 Å². The van der Waals surface area contributed by atoms with Crippen LogP contribution in [0.15, 0.2) is 12.1 Å². The van der Waals surface area contributed by atoms with Crippen LogP contribution in [0.1, 0.15) is 73.4 Å². The third kappa shape index (κ3) is 4.03. The number of carbonyl (C=O) groups is 1. The Morgan fingerprint density at radius 1 is 0.921 bits per heavy atom. The van der Waals surface area contributed by atoms with Crippen molar-refractivity contribution in [1.82, 2.24) is 35.2 Å². The Kier molecular flexibility index (Phi) is 4.99. The molecule has 0 aromatic carbocycles. The van der Waals surface area contributed by atoms with Crippen molar-refractivity contribution in [3.63, 3.8) is 0 Å². The molecule has 204 valence electrons. The normalized spacial score (nSPS) is 25.9. The minimum absolute atomic E-state index is 0.0784. The number of nitrogens with one attached hydrogen (secondary N) is 1. The minimum atomic E-state index is -4.48. The van der Waals surface area contributed by atoms with Gasteiger partial charge in [-0.3, -0.25) is 5.10 Å². The molecule has 13 heteroatoms. The highest BCUT2D eigenvalue weighted by molar-refractivity contribution is 5.77. The molecule has 7 rings (SSSR count). The topological polar surface area (TPSA) is 90.9 Å². The lowest BCUT2D eigenvalue weighted by atomic mass is 9.56. The van der Waals surface area contributed by atoms with E-state index in [1.54, 1.807) is 0 Å². The molecule has 1 N–H and O–H groups in total. The van der Waals surface area contributed by atoms with Crippen molar-refractivity contribution in [2.75, 3.05) is 26.2 Å². The summed E-state index contributed by atoms with van der Waals surface area (Å²) in [6, 6.07) is 2.46. The summed E-state index contributed by atoms with van der Waals surface area (Å²) in [5.41, 5.74) is -0.140. The van der Waals surface area contributed by atoms with Crippen LogP contribution in [-0.2, 0) is 12.6 Å². The molecule has 0 atom stereocenters. The molecule has 0 bridgehead atoms. The van der Waals surface area contributed by atoms with Crippen LogP contribution in [0, 0.1) is 16.7 Å². The van der Waals surface area contributed by atoms with E-state index >= 15 is 0 Å². The molecule has 2 saturated heterocycles. The van der Waals surface area contributed by atoms with Gasteiger partial charge < -0.3 is 9.80 Å². The number of hydrogen-bond acceptors (Lipinski definition) is 5. The first-order chi connectivity index (χ1) is 17.9. The lowest BCUT2D eigenvalue weighted by Gasteiger charge is -2.63. The molecule has 3 aliphatic carbocycles. The van der Waals surface area contributed by atoms with Gasteiger partial charge in [0.1, 0.15) is 5.82 Å². The number of nitrogens with zero attached hydrogens (tertiary/aromatic N) is 6. The summed E-state index contributed by atoms with van der Waals surface area (Å²) in [4.78, 5) is 21.2. The van der Waals surface area contributed by atoms with Gasteiger partial charge in [-0.15, -0.1) is 5.10 Å². The standard InChI is InChI=1S/C25H28F5N7O/c26-24(27)8-16(9-24)20-31-19(34-35-20)15-6-23(7-15)12-37(13-23)21(38)36-10-22(11-36)4-14(5-22)3-17-1-2-18(33-32-17)25(28,29)30/h1-2,14-16H,3-13H2,(H,31,34,35). The first-order valence-electron chi connectivity index (χ1n) is 13.1. The fraction of sp³-hybridized carbons (Fsp3) is 0.720. The van der Waals surface area contributed by atoms with Crippen LogP contribution >= 0.6 is 0 Å². The molecule has 5 fully saturated rings. The zero-order valence-electron chi connectivity index (χ0n) is 20.6. The van der Waals surface area contributed by atoms with Gasteiger partial charge in [0.25, 0.3) is 0 Å². The molecular weight excluding hydrogens is 509 g/mol. The van der Waals surface area contributed by atoms with Crippen molar-refractivity contribution >= 4 is 6.03 Å². The van der Waals surface area contributed by atoms with Gasteiger partial charge in [-0.05, 0) is 50.2 Å². The maximum Gasteiger partial charge on any atom is 0.435 e. The molecular formula is C25H28F5N7O. The van der Waals surface area contributed by atoms with Gasteiger partial charge >= 0.3 is 12.2 Å². The van der Waals surface area contributed by atoms with Gasteiger partial charge in [0.2, 0.25) is 5.92 Å². The average Bonchev–Trinajstić information content (AvgIpc) is 3.19. The number of urea groups is 1. The SMILES string of the molecule is O=C(N1CC2(CC(Cc3ccc(C(F)(F)F)nn3)C2)C1)N1CC2(CC(c3nc(C4CC(F)(F)C4)n[nH]3)C2)C1. The van der Waals surface area contributed by atoms with Crippen molar-refractivity contribution in [3.8, 4) is 0 Å². The largest absolute Gasteiger partial charge is 0.435 e. The van der Waals surface area contributed by atoms with E-state index in [1.165, 1.54) is 6.07 Å². The predicted molar refractivity (Wildman–Crippen MR) is 122 cm³/mol. The summed E-state index contributed by atoms with van der Waals surface area (Å²) in [6.07, 6.45) is -0.493. The van der Waals surface area contributed by atoms with E-state index in [0.29, 0.717) is 23.9 Å². The molecule has 0 unspecified atom stereocenters. The Labute approximate surface area is 215 Å². The van der Waals surface area contributed by atoms with Crippen molar-refractivity contribution < 1.29 is 26.7 Å². The number of H-pyrrole nitrogens is 1. The van der Waals surface area contributed by atoms with E-state index in [4.69, 9.17) is 0 Å². The lowest BCUT2D eigenvalue weighted by molar-refractivity contribution is -0.141. The third-order valence-corrected chi connectivity index (χ3v) is 9.32. The summed E-state index contributed by atoms with van der Waals surface area (Å²) >= 11 is 0. The second-order valence-corrected chi connectivity index (χ2v) is 12.5. The third-order valence-electron chi connectivity index (χ3n) is 9.32. The van der Waals surface area contributed by atoms with Gasteiger partial charge in [-0.25, -0.2) is 18.6 Å². The molecule has 2 aromatic heterocycles. The molecule has 0 radical (unpaired) electrons. The van der Waals surface area contributed by atoms with Crippen LogP contribution in [0.4, 0.5) is 26.7 Å². The number of rotatable bonds is 4. The van der Waals surface area contributed by atoms with Gasteiger partial charge in [0.05, 0.1) is 5.69 Å². The monoisotopic (exact) mass is 537 g/mol. The summed E-state index contributed by atoms with van der Waals surface area (Å²) in [6.45, 7) is 2.93. The first-order valence-corrected chi connectivity index (χ1v) is 13.1. The van der Waals surface area contributed by atoms with Gasteiger partial charge in [0.15, 0.2) is 11.5 Å². The Hall–Kier alpha value is -2.86. The van der Waals surface area contributed by atoms with E-state index in [-0.39, 0.29) is 41.5 Å². The second kappa shape index (κ2) is 7.84. The van der Waals surface area contributed by atoms with E-state index in [0.717, 1.165) is 63.8 Å². The smallest absolute Gasteiger partial charge is 0.323 e. The highest BCUT2D eigenvalue weighted by Crippen LogP contribution is 2.57. The van der Waals surface area contributed by atoms with Crippen molar-refractivity contribution in [1.29, 1.82) is 0 Å². The average molecular weight is 538 g/mol. The van der Waals surface area contributed by atoms with Crippen LogP contribution in [0.3, 0.4) is 0 Å². The molecule has 2 amide bonds. The highest BCUT2D eigenvalue weighted by Gasteiger charge is 2.59. The number of aromatic amines is 1. The molecule has 8 nitrogen and oxygen atoms in total. The Bertz CT molecular complexity index is 1230. The van der Waals surface area contributed by atoms with Crippen LogP contribution < -0.4 is 0 Å². The number of alkyl halides is 5. The first kappa shape index (κ1) is 24.2. The van der Waals surface area contributed by atoms with Gasteiger partial charge in [-0.1, -0.05) is 0 Å². The zero-order chi connectivity index (χ0) is 26.5. The maximum atomic E-state index is 13.1. The Morgan fingerprint density at radius 3 is 2.11 bits per heavy atom. The minimum Gasteiger partial charge on any atom is -0.323 e. The molecule has 5 aliphatic rings. The number of amides is 2. The summed E-state index contributed by atoms with van der Waals surface area (Å²) < 4.78 is 64.2. The molecule has 2 spiro atoms.